The Labute approximate surface area is 147 Å². The molecule has 2 aromatic heterocycles. The minimum atomic E-state index is 0. The highest BCUT2D eigenvalue weighted by molar-refractivity contribution is 5.98. The van der Waals surface area contributed by atoms with Gasteiger partial charge in [0.1, 0.15) is 12.1 Å². The largest absolute Gasteiger partial charge is 0.328 e. The second kappa shape index (κ2) is 8.42. The van der Waals surface area contributed by atoms with Crippen LogP contribution in [0.1, 0.15) is 32.6 Å². The first kappa shape index (κ1) is 19.6. The molecule has 0 radical (unpaired) electrons. The Morgan fingerprint density at radius 1 is 1.30 bits per heavy atom. The van der Waals surface area contributed by atoms with Crippen LogP contribution in [0.25, 0.3) is 11.0 Å². The van der Waals surface area contributed by atoms with E-state index in [0.717, 1.165) is 31.1 Å². The zero-order valence-corrected chi connectivity index (χ0v) is 14.5. The molecule has 0 spiro atoms. The van der Waals surface area contributed by atoms with E-state index in [1.165, 1.54) is 6.33 Å². The van der Waals surface area contributed by atoms with Crippen molar-refractivity contribution in [2.75, 3.05) is 5.32 Å². The van der Waals surface area contributed by atoms with Crippen LogP contribution in [0.3, 0.4) is 0 Å². The summed E-state index contributed by atoms with van der Waals surface area (Å²) in [6.45, 7) is 2.04. The molecule has 1 fully saturated rings. The number of anilines is 1. The molecule has 4 N–H and O–H groups in total. The maximum atomic E-state index is 12.4. The predicted octanol–water partition coefficient (Wildman–Crippen LogP) is 2.29. The number of H-pyrrole nitrogens is 1. The zero-order valence-electron chi connectivity index (χ0n) is 12.9. The molecule has 1 atom stereocenters. The van der Waals surface area contributed by atoms with Crippen molar-refractivity contribution >= 4 is 47.6 Å². The van der Waals surface area contributed by atoms with Crippen LogP contribution in [-0.4, -0.2) is 32.1 Å². The normalized spacial score (nSPS) is 21.8. The number of hydrogen-bond acceptors (Lipinski definition) is 5. The first-order chi connectivity index (χ1) is 10.1. The van der Waals surface area contributed by atoms with Crippen LogP contribution in [0.4, 0.5) is 5.82 Å². The molecule has 0 bridgehead atoms. The highest BCUT2D eigenvalue weighted by Gasteiger charge is 2.28. The lowest BCUT2D eigenvalue weighted by Gasteiger charge is -2.29. The summed E-state index contributed by atoms with van der Waals surface area (Å²) in [6, 6.07) is 0.210. The molecule has 1 saturated carbocycles. The van der Waals surface area contributed by atoms with E-state index in [9.17, 15) is 4.79 Å². The lowest BCUT2D eigenvalue weighted by Crippen LogP contribution is -2.33. The molecular formula is C14H22Cl2N6O. The number of fused-ring (bicyclic) bond motifs is 1. The maximum absolute atomic E-state index is 12.4. The smallest absolute Gasteiger partial charge is 0.228 e. The van der Waals surface area contributed by atoms with E-state index in [0.29, 0.717) is 17.4 Å². The van der Waals surface area contributed by atoms with Gasteiger partial charge >= 0.3 is 0 Å². The van der Waals surface area contributed by atoms with Gasteiger partial charge in [0.25, 0.3) is 0 Å². The van der Waals surface area contributed by atoms with Crippen molar-refractivity contribution in [3.05, 3.63) is 12.5 Å². The second-order valence-corrected chi connectivity index (χ2v) is 5.81. The van der Waals surface area contributed by atoms with Crippen LogP contribution in [-0.2, 0) is 4.79 Å². The molecule has 0 saturated heterocycles. The standard InChI is InChI=1S/C14H20N6O.2ClH/c1-8(15)9-2-4-10(5-3-9)14(21)19-12-11-6-18-20-13(11)17-7-16-12;;/h6-10H,2-5,15H2,1H3,(H2,16,17,18,19,20,21);2*1H. The summed E-state index contributed by atoms with van der Waals surface area (Å²) >= 11 is 0. The van der Waals surface area contributed by atoms with E-state index in [-0.39, 0.29) is 42.7 Å². The summed E-state index contributed by atoms with van der Waals surface area (Å²) in [5.74, 6) is 1.12. The van der Waals surface area contributed by atoms with Gasteiger partial charge < -0.3 is 11.1 Å². The fourth-order valence-electron chi connectivity index (χ4n) is 2.99. The summed E-state index contributed by atoms with van der Waals surface area (Å²) in [7, 11) is 0. The van der Waals surface area contributed by atoms with Crippen LogP contribution in [0, 0.1) is 11.8 Å². The number of amides is 1. The van der Waals surface area contributed by atoms with Crippen molar-refractivity contribution in [3.63, 3.8) is 0 Å². The van der Waals surface area contributed by atoms with Gasteiger partial charge in [-0.1, -0.05) is 0 Å². The first-order valence-electron chi connectivity index (χ1n) is 7.35. The molecule has 1 unspecified atom stereocenters. The Balaban J connectivity index is 0.00000132. The molecule has 7 nitrogen and oxygen atoms in total. The van der Waals surface area contributed by atoms with Gasteiger partial charge in [0, 0.05) is 12.0 Å². The van der Waals surface area contributed by atoms with E-state index in [1.807, 2.05) is 6.92 Å². The molecule has 2 aromatic rings. The molecule has 3 rings (SSSR count). The predicted molar refractivity (Wildman–Crippen MR) is 93.9 cm³/mol. The molecule has 128 valence electrons. The number of nitrogens with one attached hydrogen (secondary N) is 2. The van der Waals surface area contributed by atoms with Gasteiger partial charge in [-0.2, -0.15) is 5.10 Å². The lowest BCUT2D eigenvalue weighted by atomic mass is 9.79. The maximum Gasteiger partial charge on any atom is 0.228 e. The van der Waals surface area contributed by atoms with Crippen LogP contribution in [0.15, 0.2) is 12.5 Å². The first-order valence-corrected chi connectivity index (χ1v) is 7.35. The molecule has 0 aromatic carbocycles. The molecule has 1 amide bonds. The van der Waals surface area contributed by atoms with Crippen molar-refractivity contribution in [2.24, 2.45) is 17.6 Å². The van der Waals surface area contributed by atoms with Crippen molar-refractivity contribution < 1.29 is 4.79 Å². The van der Waals surface area contributed by atoms with E-state index in [2.05, 4.69) is 25.5 Å². The number of aromatic nitrogens is 4. The third-order valence-electron chi connectivity index (χ3n) is 4.38. The number of aromatic amines is 1. The highest BCUT2D eigenvalue weighted by Crippen LogP contribution is 2.31. The summed E-state index contributed by atoms with van der Waals surface area (Å²) in [5.41, 5.74) is 6.56. The Hall–Kier alpha value is -1.44. The molecular weight excluding hydrogens is 339 g/mol. The number of rotatable bonds is 3. The number of carbonyl (C=O) groups is 1. The number of carbonyl (C=O) groups excluding carboxylic acids is 1. The number of hydrogen-bond donors (Lipinski definition) is 3. The summed E-state index contributed by atoms with van der Waals surface area (Å²) < 4.78 is 0. The molecule has 23 heavy (non-hydrogen) atoms. The summed E-state index contributed by atoms with van der Waals surface area (Å²) in [6.07, 6.45) is 6.84. The van der Waals surface area contributed by atoms with Crippen molar-refractivity contribution in [2.45, 2.75) is 38.6 Å². The fraction of sp³-hybridized carbons (Fsp3) is 0.571. The molecule has 9 heteroatoms. The van der Waals surface area contributed by atoms with Crippen LogP contribution in [0.2, 0.25) is 0 Å². The minimum Gasteiger partial charge on any atom is -0.328 e. The Kier molecular flexibility index (Phi) is 7.18. The third kappa shape index (κ3) is 4.31. The van der Waals surface area contributed by atoms with E-state index in [1.54, 1.807) is 6.20 Å². The van der Waals surface area contributed by atoms with Crippen LogP contribution in [0.5, 0.6) is 0 Å². The van der Waals surface area contributed by atoms with E-state index in [4.69, 9.17) is 5.73 Å². The third-order valence-corrected chi connectivity index (χ3v) is 4.38. The second-order valence-electron chi connectivity index (χ2n) is 5.81. The van der Waals surface area contributed by atoms with Crippen molar-refractivity contribution in [1.29, 1.82) is 0 Å². The molecule has 1 aliphatic rings. The molecule has 2 heterocycles. The van der Waals surface area contributed by atoms with Gasteiger partial charge in [0.2, 0.25) is 5.91 Å². The quantitative estimate of drug-likeness (QED) is 0.777. The van der Waals surface area contributed by atoms with Crippen molar-refractivity contribution in [3.8, 4) is 0 Å². The monoisotopic (exact) mass is 360 g/mol. The highest BCUT2D eigenvalue weighted by atomic mass is 35.5. The number of nitrogens with two attached hydrogens (primary N) is 1. The fourth-order valence-corrected chi connectivity index (χ4v) is 2.99. The number of nitrogens with zero attached hydrogens (tertiary/aromatic N) is 3. The Bertz CT molecular complexity index is 639. The lowest BCUT2D eigenvalue weighted by molar-refractivity contribution is -0.121. The average molecular weight is 361 g/mol. The van der Waals surface area contributed by atoms with E-state index < -0.39 is 0 Å². The Morgan fingerprint density at radius 3 is 2.65 bits per heavy atom. The van der Waals surface area contributed by atoms with Gasteiger partial charge in [-0.15, -0.1) is 24.8 Å². The summed E-state index contributed by atoms with van der Waals surface area (Å²) in [4.78, 5) is 20.6. The van der Waals surface area contributed by atoms with Gasteiger partial charge in [-0.25, -0.2) is 9.97 Å². The van der Waals surface area contributed by atoms with Gasteiger partial charge in [-0.05, 0) is 38.5 Å². The SMILES string of the molecule is CC(N)C1CCC(C(=O)Nc2ncnc3[nH]ncc23)CC1.Cl.Cl. The van der Waals surface area contributed by atoms with Crippen molar-refractivity contribution in [1.82, 2.24) is 20.2 Å². The van der Waals surface area contributed by atoms with Crippen LogP contribution >= 0.6 is 24.8 Å². The molecule has 1 aliphatic carbocycles. The zero-order chi connectivity index (χ0) is 14.8. The van der Waals surface area contributed by atoms with Gasteiger partial charge in [-0.3, -0.25) is 9.89 Å². The summed E-state index contributed by atoms with van der Waals surface area (Å²) in [5, 5.41) is 10.3. The van der Waals surface area contributed by atoms with E-state index >= 15 is 0 Å². The topological polar surface area (TPSA) is 110 Å². The Morgan fingerprint density at radius 2 is 2.00 bits per heavy atom. The van der Waals surface area contributed by atoms with Gasteiger partial charge in [0.05, 0.1) is 11.6 Å². The molecule has 0 aliphatic heterocycles. The average Bonchev–Trinajstić information content (AvgIpc) is 2.97. The number of halogens is 2. The van der Waals surface area contributed by atoms with Crippen LogP contribution < -0.4 is 11.1 Å². The van der Waals surface area contributed by atoms with Gasteiger partial charge in [0.15, 0.2) is 5.65 Å². The minimum absolute atomic E-state index is 0.